The van der Waals surface area contributed by atoms with E-state index in [1.165, 1.54) is 5.01 Å². The fourth-order valence-electron chi connectivity index (χ4n) is 5.01. The lowest BCUT2D eigenvalue weighted by Crippen LogP contribution is -2.61. The molecule has 212 valence electrons. The van der Waals surface area contributed by atoms with E-state index >= 15 is 0 Å². The number of nitrogens with zero attached hydrogens (tertiary/aromatic N) is 2. The van der Waals surface area contributed by atoms with Gasteiger partial charge in [0, 0.05) is 17.8 Å². The molecule has 0 unspecified atom stereocenters. The van der Waals surface area contributed by atoms with Crippen molar-refractivity contribution in [2.45, 2.75) is 77.6 Å². The summed E-state index contributed by atoms with van der Waals surface area (Å²) in [6, 6.07) is 7.87. The number of fused-ring (bicyclic) bond motifs is 4. The van der Waals surface area contributed by atoms with Gasteiger partial charge >= 0.3 is 5.97 Å². The molecule has 2 aliphatic heterocycles. The van der Waals surface area contributed by atoms with Crippen LogP contribution in [0.25, 0.3) is 17.0 Å². The minimum absolute atomic E-state index is 0.0726. The third kappa shape index (κ3) is 6.01. The molecule has 3 amide bonds. The van der Waals surface area contributed by atoms with E-state index in [0.29, 0.717) is 25.1 Å². The highest BCUT2D eigenvalue weighted by Crippen LogP contribution is 2.36. The van der Waals surface area contributed by atoms with Gasteiger partial charge in [-0.25, -0.2) is 5.43 Å². The number of aromatic nitrogens is 1. The first-order valence-corrected chi connectivity index (χ1v) is 14.0. The van der Waals surface area contributed by atoms with Crippen LogP contribution in [0, 0.1) is 11.3 Å². The number of nitrogens with one attached hydrogen (secondary N) is 3. The van der Waals surface area contributed by atoms with Crippen LogP contribution in [0.5, 0.6) is 0 Å². The number of pyridine rings is 1. The number of hydrogen-bond acceptors (Lipinski definition) is 7. The van der Waals surface area contributed by atoms with Gasteiger partial charge in [-0.1, -0.05) is 30.4 Å². The summed E-state index contributed by atoms with van der Waals surface area (Å²) in [7, 11) is 0. The van der Waals surface area contributed by atoms with Gasteiger partial charge in [-0.2, -0.15) is 0 Å². The van der Waals surface area contributed by atoms with Gasteiger partial charge in [0.1, 0.15) is 12.1 Å². The largest absolute Gasteiger partial charge is 0.451 e. The molecule has 5 bridgehead atoms. The maximum absolute atomic E-state index is 13.2. The molecule has 1 saturated carbocycles. The Balaban J connectivity index is 1.48. The monoisotopic (exact) mass is 547 g/mol. The highest BCUT2D eigenvalue weighted by Gasteiger charge is 2.42. The van der Waals surface area contributed by atoms with Gasteiger partial charge in [-0.15, -0.1) is 0 Å². The lowest BCUT2D eigenvalue weighted by Gasteiger charge is -2.35. The molecule has 3 N–H and O–H groups in total. The Labute approximate surface area is 233 Å². The molecule has 0 radical (unpaired) electrons. The van der Waals surface area contributed by atoms with Crippen LogP contribution in [-0.2, 0) is 23.9 Å². The second kappa shape index (κ2) is 11.0. The zero-order valence-electron chi connectivity index (χ0n) is 23.4. The maximum Gasteiger partial charge on any atom is 0.316 e. The minimum atomic E-state index is -0.997. The molecule has 10 heteroatoms. The molecule has 1 aromatic carbocycles. The van der Waals surface area contributed by atoms with Gasteiger partial charge in [0.2, 0.25) is 5.91 Å². The quantitative estimate of drug-likeness (QED) is 0.468. The summed E-state index contributed by atoms with van der Waals surface area (Å²) in [6.45, 7) is 7.37. The van der Waals surface area contributed by atoms with Crippen LogP contribution >= 0.6 is 0 Å². The van der Waals surface area contributed by atoms with E-state index in [9.17, 15) is 19.2 Å². The Morgan fingerprint density at radius 2 is 1.68 bits per heavy atom. The van der Waals surface area contributed by atoms with Crippen molar-refractivity contribution in [2.75, 3.05) is 6.54 Å². The van der Waals surface area contributed by atoms with Gasteiger partial charge < -0.3 is 15.4 Å². The third-order valence-corrected chi connectivity index (χ3v) is 7.80. The number of cyclic esters (lactones) is 1. The van der Waals surface area contributed by atoms with E-state index in [1.54, 1.807) is 26.8 Å². The molecule has 3 aliphatic rings. The summed E-state index contributed by atoms with van der Waals surface area (Å²) in [5, 5.41) is 8.10. The van der Waals surface area contributed by atoms with E-state index in [-0.39, 0.29) is 23.8 Å². The molecule has 10 nitrogen and oxygen atoms in total. The van der Waals surface area contributed by atoms with Crippen LogP contribution in [0.4, 0.5) is 0 Å². The molecule has 5 rings (SSSR count). The first-order valence-electron chi connectivity index (χ1n) is 14.0. The molecule has 2 aromatic rings. The van der Waals surface area contributed by atoms with Crippen molar-refractivity contribution in [3.63, 3.8) is 0 Å². The highest BCUT2D eigenvalue weighted by atomic mass is 16.6. The van der Waals surface area contributed by atoms with Crippen molar-refractivity contribution in [3.8, 4) is 0 Å². The van der Waals surface area contributed by atoms with E-state index in [2.05, 4.69) is 16.1 Å². The van der Waals surface area contributed by atoms with Crippen molar-refractivity contribution in [1.82, 2.24) is 26.1 Å². The second-order valence-corrected chi connectivity index (χ2v) is 11.7. The maximum atomic E-state index is 13.2. The van der Waals surface area contributed by atoms with Crippen LogP contribution < -0.4 is 16.1 Å². The van der Waals surface area contributed by atoms with Gasteiger partial charge in [0.15, 0.2) is 6.10 Å². The summed E-state index contributed by atoms with van der Waals surface area (Å²) < 4.78 is 5.76. The second-order valence-electron chi connectivity index (χ2n) is 11.7. The van der Waals surface area contributed by atoms with Crippen LogP contribution in [0.2, 0.25) is 0 Å². The van der Waals surface area contributed by atoms with Crippen molar-refractivity contribution >= 4 is 40.7 Å². The van der Waals surface area contributed by atoms with Crippen molar-refractivity contribution in [2.24, 2.45) is 11.3 Å². The zero-order chi connectivity index (χ0) is 28.6. The Bertz CT molecular complexity index is 1370. The number of carbonyl (C=O) groups is 4. The fourth-order valence-corrected chi connectivity index (χ4v) is 5.01. The van der Waals surface area contributed by atoms with Gasteiger partial charge in [0.25, 0.3) is 11.8 Å². The smallest absolute Gasteiger partial charge is 0.316 e. The number of esters is 1. The van der Waals surface area contributed by atoms with Crippen molar-refractivity contribution in [3.05, 3.63) is 47.7 Å². The fraction of sp³-hybridized carbons (Fsp3) is 0.500. The summed E-state index contributed by atoms with van der Waals surface area (Å²) in [5.74, 6) is -1.66. The molecule has 1 aliphatic carbocycles. The van der Waals surface area contributed by atoms with Crippen LogP contribution in [0.1, 0.15) is 70.7 Å². The highest BCUT2D eigenvalue weighted by molar-refractivity contribution is 5.92. The van der Waals surface area contributed by atoms with Crippen molar-refractivity contribution in [1.29, 1.82) is 0 Å². The number of rotatable bonds is 1. The number of carbonyl (C=O) groups excluding carboxylic acids is 4. The number of hydrogen-bond donors (Lipinski definition) is 3. The Morgan fingerprint density at radius 1 is 0.950 bits per heavy atom. The molecule has 0 spiro atoms. The number of ether oxygens (including phenoxy) is 1. The normalized spacial score (nSPS) is 28.9. The predicted octanol–water partition coefficient (Wildman–Crippen LogP) is 2.79. The Hall–Kier alpha value is -3.79. The molecule has 1 aromatic heterocycles. The predicted molar refractivity (Wildman–Crippen MR) is 149 cm³/mol. The average Bonchev–Trinajstić information content (AvgIpc) is 3.78. The van der Waals surface area contributed by atoms with E-state index in [1.807, 2.05) is 43.3 Å². The molecular formula is C30H37N5O5. The standard InChI is InChI=1S/C30H37N5O5/c1-17-22-12-11-20-8-7-19(16-24(20)33-22)13-14-30(3,4)29(39)40-25(21-9-10-21)27(37)32-18(2)28(38)35-15-5-6-23(34-35)26(36)31-17/h7-8,11-14,16-18,21,23,25,34H,5-6,9-10,15H2,1-4H3,(H,31,36)(H,32,37)/b14-13+/t17-,18+,23+,25-/m1/s1. The lowest BCUT2D eigenvalue weighted by molar-refractivity contribution is -0.164. The molecular weight excluding hydrogens is 510 g/mol. The SMILES string of the molecule is C[C@@H]1NC(=O)[C@@H](C2CC2)OC(=O)C(C)(C)/C=C/c2ccc3ccc(nc3c2)[C@@H](C)NC(=O)[C@@H]2CCCN(N2)C1=O. The number of amides is 3. The summed E-state index contributed by atoms with van der Waals surface area (Å²) in [5.41, 5.74) is 4.37. The van der Waals surface area contributed by atoms with Gasteiger partial charge in [0.05, 0.1) is 22.7 Å². The number of benzene rings is 1. The molecule has 4 atom stereocenters. The van der Waals surface area contributed by atoms with Crippen LogP contribution in [0.3, 0.4) is 0 Å². The Kier molecular flexibility index (Phi) is 7.63. The van der Waals surface area contributed by atoms with Gasteiger partial charge in [-0.3, -0.25) is 29.2 Å². The van der Waals surface area contributed by atoms with Crippen LogP contribution in [-0.4, -0.2) is 58.4 Å². The average molecular weight is 548 g/mol. The van der Waals surface area contributed by atoms with E-state index in [4.69, 9.17) is 9.72 Å². The molecule has 3 heterocycles. The Morgan fingerprint density at radius 3 is 2.42 bits per heavy atom. The van der Waals surface area contributed by atoms with E-state index < -0.39 is 35.5 Å². The third-order valence-electron chi connectivity index (χ3n) is 7.80. The van der Waals surface area contributed by atoms with E-state index in [0.717, 1.165) is 29.3 Å². The molecule has 2 fully saturated rings. The lowest BCUT2D eigenvalue weighted by atomic mass is 9.92. The topological polar surface area (TPSA) is 130 Å². The van der Waals surface area contributed by atoms with Gasteiger partial charge in [-0.05, 0) is 71.1 Å². The van der Waals surface area contributed by atoms with Crippen LogP contribution in [0.15, 0.2) is 36.4 Å². The molecule has 40 heavy (non-hydrogen) atoms. The summed E-state index contributed by atoms with van der Waals surface area (Å²) >= 11 is 0. The summed E-state index contributed by atoms with van der Waals surface area (Å²) in [6.07, 6.45) is 5.39. The zero-order valence-corrected chi connectivity index (χ0v) is 23.4. The first-order chi connectivity index (χ1) is 19.0. The van der Waals surface area contributed by atoms with Crippen molar-refractivity contribution < 1.29 is 23.9 Å². The molecule has 1 saturated heterocycles. The number of hydrazine groups is 1. The minimum Gasteiger partial charge on any atom is -0.451 e. The first kappa shape index (κ1) is 27.8. The summed E-state index contributed by atoms with van der Waals surface area (Å²) in [4.78, 5) is 57.6.